The normalized spacial score (nSPS) is 12.1. The van der Waals surface area contributed by atoms with E-state index in [0.717, 1.165) is 39.4 Å². The van der Waals surface area contributed by atoms with E-state index < -0.39 is 0 Å². The molecular formula is C30H25N5O2S. The molecular weight excluding hydrogens is 494 g/mol. The molecule has 0 atom stereocenters. The van der Waals surface area contributed by atoms with Crippen molar-refractivity contribution < 1.29 is 4.74 Å². The highest BCUT2D eigenvalue weighted by molar-refractivity contribution is 7.15. The van der Waals surface area contributed by atoms with Crippen LogP contribution < -0.4 is 14.8 Å². The topological polar surface area (TPSA) is 74.3 Å². The third kappa shape index (κ3) is 4.50. The van der Waals surface area contributed by atoms with Crippen molar-refractivity contribution in [3.63, 3.8) is 0 Å². The maximum Gasteiger partial charge on any atom is 0.291 e. The number of hydrogen-bond donors (Lipinski definition) is 0. The van der Waals surface area contributed by atoms with Gasteiger partial charge in [-0.2, -0.15) is 14.6 Å². The van der Waals surface area contributed by atoms with Crippen molar-refractivity contribution in [1.29, 1.82) is 0 Å². The summed E-state index contributed by atoms with van der Waals surface area (Å²) in [5.41, 5.74) is 5.18. The maximum absolute atomic E-state index is 13.3. The van der Waals surface area contributed by atoms with E-state index in [0.29, 0.717) is 15.3 Å². The Morgan fingerprint density at radius 1 is 0.921 bits per heavy atom. The van der Waals surface area contributed by atoms with Crippen molar-refractivity contribution in [3.05, 3.63) is 111 Å². The van der Waals surface area contributed by atoms with Crippen LogP contribution in [0.5, 0.6) is 5.75 Å². The van der Waals surface area contributed by atoms with Gasteiger partial charge >= 0.3 is 0 Å². The van der Waals surface area contributed by atoms with E-state index >= 15 is 0 Å². The number of ether oxygens (including phenoxy) is 1. The van der Waals surface area contributed by atoms with Gasteiger partial charge in [0.2, 0.25) is 4.96 Å². The summed E-state index contributed by atoms with van der Waals surface area (Å²) in [6, 6.07) is 25.6. The van der Waals surface area contributed by atoms with Gasteiger partial charge in [0.1, 0.15) is 11.4 Å². The molecule has 6 aromatic rings. The smallest absolute Gasteiger partial charge is 0.291 e. The van der Waals surface area contributed by atoms with E-state index in [9.17, 15) is 4.79 Å². The first-order valence-electron chi connectivity index (χ1n) is 12.4. The number of aryl methyl sites for hydroxylation is 1. The highest BCUT2D eigenvalue weighted by Crippen LogP contribution is 2.29. The van der Waals surface area contributed by atoms with Crippen LogP contribution in [0.1, 0.15) is 25.0 Å². The summed E-state index contributed by atoms with van der Waals surface area (Å²) in [6.07, 6.45) is 3.91. The number of nitrogens with zero attached hydrogens (tertiary/aromatic N) is 5. The van der Waals surface area contributed by atoms with E-state index in [-0.39, 0.29) is 11.7 Å². The van der Waals surface area contributed by atoms with Gasteiger partial charge in [0.05, 0.1) is 16.3 Å². The van der Waals surface area contributed by atoms with Crippen molar-refractivity contribution in [2.24, 2.45) is 0 Å². The van der Waals surface area contributed by atoms with Crippen LogP contribution in [0.3, 0.4) is 0 Å². The third-order valence-electron chi connectivity index (χ3n) is 6.07. The Hall–Kier alpha value is -4.56. The fourth-order valence-electron chi connectivity index (χ4n) is 4.30. The first kappa shape index (κ1) is 23.8. The molecule has 0 N–H and O–H groups in total. The van der Waals surface area contributed by atoms with Gasteiger partial charge in [-0.25, -0.2) is 4.68 Å². The third-order valence-corrected chi connectivity index (χ3v) is 7.03. The average Bonchev–Trinajstić information content (AvgIpc) is 3.61. The molecule has 0 radical (unpaired) electrons. The Morgan fingerprint density at radius 2 is 1.66 bits per heavy atom. The maximum atomic E-state index is 13.3. The van der Waals surface area contributed by atoms with Gasteiger partial charge in [0.25, 0.3) is 5.56 Å². The van der Waals surface area contributed by atoms with Crippen LogP contribution in [-0.4, -0.2) is 30.5 Å². The Labute approximate surface area is 223 Å². The number of para-hydroxylation sites is 1. The zero-order valence-electron chi connectivity index (χ0n) is 21.2. The SMILES string of the molecule is Cc1cc(-c2nn(-c3ccccc3)cc2/C=c2\sc3nc(-c4ccccc4)nn3c2=O)ccc1OC(C)C. The Balaban J connectivity index is 1.47. The molecule has 7 nitrogen and oxygen atoms in total. The summed E-state index contributed by atoms with van der Waals surface area (Å²) < 4.78 is 9.69. The minimum absolute atomic E-state index is 0.0879. The first-order valence-corrected chi connectivity index (χ1v) is 13.2. The minimum Gasteiger partial charge on any atom is -0.491 e. The number of fused-ring (bicyclic) bond motifs is 1. The molecule has 6 rings (SSSR count). The molecule has 0 fully saturated rings. The number of rotatable bonds is 6. The van der Waals surface area contributed by atoms with Gasteiger partial charge in [0.15, 0.2) is 5.82 Å². The Kier molecular flexibility index (Phi) is 6.09. The molecule has 38 heavy (non-hydrogen) atoms. The molecule has 8 heteroatoms. The number of thiazole rings is 1. The zero-order valence-corrected chi connectivity index (χ0v) is 22.0. The molecule has 0 saturated carbocycles. The molecule has 188 valence electrons. The highest BCUT2D eigenvalue weighted by Gasteiger charge is 2.16. The summed E-state index contributed by atoms with van der Waals surface area (Å²) in [5.74, 6) is 1.38. The van der Waals surface area contributed by atoms with E-state index in [1.807, 2.05) is 111 Å². The fourth-order valence-corrected chi connectivity index (χ4v) is 5.20. The second kappa shape index (κ2) is 9.72. The van der Waals surface area contributed by atoms with E-state index in [1.165, 1.54) is 15.9 Å². The van der Waals surface area contributed by atoms with E-state index in [4.69, 9.17) is 9.84 Å². The quantitative estimate of drug-likeness (QED) is 0.298. The predicted octanol–water partition coefficient (Wildman–Crippen LogP) is 5.31. The van der Waals surface area contributed by atoms with Crippen molar-refractivity contribution in [2.45, 2.75) is 26.9 Å². The summed E-state index contributed by atoms with van der Waals surface area (Å²) >= 11 is 1.32. The molecule has 0 bridgehead atoms. The minimum atomic E-state index is -0.199. The largest absolute Gasteiger partial charge is 0.491 e. The Bertz CT molecular complexity index is 1850. The van der Waals surface area contributed by atoms with Gasteiger partial charge in [-0.15, -0.1) is 5.10 Å². The molecule has 3 heterocycles. The van der Waals surface area contributed by atoms with Crippen LogP contribution in [0.4, 0.5) is 0 Å². The second-order valence-electron chi connectivity index (χ2n) is 9.27. The Morgan fingerprint density at radius 3 is 2.34 bits per heavy atom. The molecule has 0 aliphatic rings. The summed E-state index contributed by atoms with van der Waals surface area (Å²) in [7, 11) is 0. The molecule has 3 aromatic heterocycles. The predicted molar refractivity (Wildman–Crippen MR) is 151 cm³/mol. The van der Waals surface area contributed by atoms with Crippen LogP contribution in [0.25, 0.3) is 39.4 Å². The summed E-state index contributed by atoms with van der Waals surface area (Å²) in [6.45, 7) is 6.05. The lowest BCUT2D eigenvalue weighted by molar-refractivity contribution is 0.241. The van der Waals surface area contributed by atoms with Gasteiger partial charge in [-0.3, -0.25) is 4.79 Å². The number of aromatic nitrogens is 5. The standard InChI is InChI=1S/C30H25N5O2S/c1-19(2)37-25-15-14-22(16-20(25)3)27-23(18-34(32-27)24-12-8-5-9-13-24)17-26-29(36)35-30(38-26)31-28(33-35)21-10-6-4-7-11-21/h4-19H,1-3H3/b26-17-. The molecule has 3 aromatic carbocycles. The monoisotopic (exact) mass is 519 g/mol. The lowest BCUT2D eigenvalue weighted by Crippen LogP contribution is -2.23. The van der Waals surface area contributed by atoms with Crippen LogP contribution in [0.15, 0.2) is 89.9 Å². The number of hydrogen-bond acceptors (Lipinski definition) is 6. The van der Waals surface area contributed by atoms with E-state index in [2.05, 4.69) is 16.1 Å². The molecule has 0 unspecified atom stereocenters. The molecule has 0 spiro atoms. The zero-order chi connectivity index (χ0) is 26.2. The molecule has 0 saturated heterocycles. The first-order chi connectivity index (χ1) is 18.5. The summed E-state index contributed by atoms with van der Waals surface area (Å²) in [4.78, 5) is 18.5. The van der Waals surface area contributed by atoms with Crippen molar-refractivity contribution in [1.82, 2.24) is 24.4 Å². The van der Waals surface area contributed by atoms with Crippen molar-refractivity contribution in [3.8, 4) is 34.1 Å². The average molecular weight is 520 g/mol. The molecule has 0 aliphatic carbocycles. The van der Waals surface area contributed by atoms with Gasteiger partial charge in [-0.1, -0.05) is 59.9 Å². The second-order valence-corrected chi connectivity index (χ2v) is 10.3. The van der Waals surface area contributed by atoms with Gasteiger partial charge < -0.3 is 4.74 Å². The van der Waals surface area contributed by atoms with Gasteiger partial charge in [-0.05, 0) is 62.7 Å². The molecule has 0 amide bonds. The number of benzene rings is 3. The lowest BCUT2D eigenvalue weighted by atomic mass is 10.0. The van der Waals surface area contributed by atoms with Crippen molar-refractivity contribution >= 4 is 22.4 Å². The molecule has 0 aliphatic heterocycles. The van der Waals surface area contributed by atoms with Crippen LogP contribution in [0.2, 0.25) is 0 Å². The van der Waals surface area contributed by atoms with Crippen molar-refractivity contribution in [2.75, 3.05) is 0 Å². The van der Waals surface area contributed by atoms with Crippen LogP contribution >= 0.6 is 11.3 Å². The fraction of sp³-hybridized carbons (Fsp3) is 0.133. The van der Waals surface area contributed by atoms with Crippen LogP contribution in [-0.2, 0) is 0 Å². The van der Waals surface area contributed by atoms with E-state index in [1.54, 1.807) is 0 Å². The summed E-state index contributed by atoms with van der Waals surface area (Å²) in [5, 5.41) is 9.38. The highest BCUT2D eigenvalue weighted by atomic mass is 32.1. The van der Waals surface area contributed by atoms with Gasteiger partial charge in [0, 0.05) is 22.9 Å². The van der Waals surface area contributed by atoms with Crippen LogP contribution in [0, 0.1) is 6.92 Å². The lowest BCUT2D eigenvalue weighted by Gasteiger charge is -2.13.